The highest BCUT2D eigenvalue weighted by molar-refractivity contribution is 14.1. The summed E-state index contributed by atoms with van der Waals surface area (Å²) in [6.07, 6.45) is 0. The molecular formula is C4H5IN2O2. The molecule has 0 aliphatic carbocycles. The van der Waals surface area contributed by atoms with Crippen LogP contribution in [0.2, 0.25) is 0 Å². The fourth-order valence-electron chi connectivity index (χ4n) is 0.415. The summed E-state index contributed by atoms with van der Waals surface area (Å²) in [5, 5.41) is 7.28. The Bertz CT molecular complexity index is 188. The van der Waals surface area contributed by atoms with Gasteiger partial charge in [-0.2, -0.15) is 0 Å². The smallest absolute Gasteiger partial charge is 0.278 e. The number of ether oxygens (including phenoxy) is 1. The molecule has 5 heteroatoms. The van der Waals surface area contributed by atoms with Crippen molar-refractivity contribution in [2.75, 3.05) is 7.11 Å². The molecule has 0 atom stereocenters. The van der Waals surface area contributed by atoms with Gasteiger partial charge >= 0.3 is 0 Å². The SMILES string of the molecule is COCc1nnc(I)o1. The molecule has 1 rings (SSSR count). The minimum atomic E-state index is 0.385. The molecule has 1 heterocycles. The molecule has 1 aromatic heterocycles. The topological polar surface area (TPSA) is 48.2 Å². The number of hydrogen-bond acceptors (Lipinski definition) is 4. The van der Waals surface area contributed by atoms with E-state index in [1.807, 2.05) is 22.6 Å². The third-order valence-corrected chi connectivity index (χ3v) is 1.15. The minimum absolute atomic E-state index is 0.385. The van der Waals surface area contributed by atoms with Crippen molar-refractivity contribution >= 4 is 22.6 Å². The molecule has 0 radical (unpaired) electrons. The van der Waals surface area contributed by atoms with Gasteiger partial charge in [-0.1, -0.05) is 0 Å². The summed E-state index contributed by atoms with van der Waals surface area (Å²) in [6.45, 7) is 0.385. The predicted octanol–water partition coefficient (Wildman–Crippen LogP) is 0.821. The van der Waals surface area contributed by atoms with E-state index in [1.165, 1.54) is 0 Å². The van der Waals surface area contributed by atoms with E-state index >= 15 is 0 Å². The summed E-state index contributed by atoms with van der Waals surface area (Å²) in [5.74, 6) is 0.516. The Kier molecular flexibility index (Phi) is 2.40. The van der Waals surface area contributed by atoms with Crippen molar-refractivity contribution < 1.29 is 9.15 Å². The monoisotopic (exact) mass is 240 g/mol. The first kappa shape index (κ1) is 6.94. The largest absolute Gasteiger partial charge is 0.414 e. The predicted molar refractivity (Wildman–Crippen MR) is 37.7 cm³/mol. The number of nitrogens with zero attached hydrogens (tertiary/aromatic N) is 2. The average Bonchev–Trinajstić information content (AvgIpc) is 2.17. The zero-order chi connectivity index (χ0) is 6.69. The molecule has 0 saturated carbocycles. The van der Waals surface area contributed by atoms with Crippen molar-refractivity contribution in [3.05, 3.63) is 9.79 Å². The van der Waals surface area contributed by atoms with E-state index < -0.39 is 0 Å². The zero-order valence-electron chi connectivity index (χ0n) is 4.80. The molecule has 0 saturated heterocycles. The summed E-state index contributed by atoms with van der Waals surface area (Å²) in [4.78, 5) is 0. The summed E-state index contributed by atoms with van der Waals surface area (Å²) >= 11 is 1.94. The standard InChI is InChI=1S/C4H5IN2O2/c1-8-2-3-6-7-4(5)9-3/h2H2,1H3. The molecule has 50 valence electrons. The lowest BCUT2D eigenvalue weighted by Gasteiger charge is -1.86. The van der Waals surface area contributed by atoms with E-state index in [9.17, 15) is 0 Å². The Hall–Kier alpha value is -0.170. The van der Waals surface area contributed by atoms with Gasteiger partial charge in [-0.05, 0) is 0 Å². The van der Waals surface area contributed by atoms with Gasteiger partial charge in [0.2, 0.25) is 5.89 Å². The number of methoxy groups -OCH3 is 1. The molecule has 0 fully saturated rings. The fraction of sp³-hybridized carbons (Fsp3) is 0.500. The maximum atomic E-state index is 4.96. The number of rotatable bonds is 2. The van der Waals surface area contributed by atoms with Crippen molar-refractivity contribution in [2.45, 2.75) is 6.61 Å². The second-order valence-corrected chi connectivity index (χ2v) is 2.30. The van der Waals surface area contributed by atoms with Gasteiger partial charge in [0.15, 0.2) is 0 Å². The van der Waals surface area contributed by atoms with Crippen molar-refractivity contribution in [1.29, 1.82) is 0 Å². The number of halogens is 1. The molecule has 0 bridgehead atoms. The summed E-state index contributed by atoms with van der Waals surface area (Å²) in [5.41, 5.74) is 0. The van der Waals surface area contributed by atoms with Crippen molar-refractivity contribution in [3.63, 3.8) is 0 Å². The molecule has 0 aliphatic heterocycles. The van der Waals surface area contributed by atoms with Crippen molar-refractivity contribution in [1.82, 2.24) is 10.2 Å². The molecule has 1 aromatic rings. The van der Waals surface area contributed by atoms with Crippen LogP contribution in [0.25, 0.3) is 0 Å². The molecule has 0 aliphatic rings. The highest BCUT2D eigenvalue weighted by Gasteiger charge is 1.99. The van der Waals surface area contributed by atoms with Crippen LogP contribution in [-0.2, 0) is 11.3 Å². The van der Waals surface area contributed by atoms with Crippen LogP contribution < -0.4 is 0 Å². The quantitative estimate of drug-likeness (QED) is 0.718. The van der Waals surface area contributed by atoms with Crippen LogP contribution in [0, 0.1) is 3.90 Å². The first-order chi connectivity index (χ1) is 4.33. The zero-order valence-corrected chi connectivity index (χ0v) is 6.95. The van der Waals surface area contributed by atoms with Gasteiger partial charge in [0.25, 0.3) is 3.90 Å². The van der Waals surface area contributed by atoms with E-state index in [2.05, 4.69) is 10.2 Å². The molecule has 0 aromatic carbocycles. The Balaban J connectivity index is 2.61. The van der Waals surface area contributed by atoms with E-state index in [0.29, 0.717) is 16.4 Å². The maximum Gasteiger partial charge on any atom is 0.278 e. The molecule has 0 unspecified atom stereocenters. The second kappa shape index (κ2) is 3.11. The van der Waals surface area contributed by atoms with Crippen LogP contribution >= 0.6 is 22.6 Å². The van der Waals surface area contributed by atoms with Crippen LogP contribution in [0.3, 0.4) is 0 Å². The minimum Gasteiger partial charge on any atom is -0.414 e. The second-order valence-electron chi connectivity index (χ2n) is 1.38. The lowest BCUT2D eigenvalue weighted by molar-refractivity contribution is 0.158. The first-order valence-corrected chi connectivity index (χ1v) is 3.37. The van der Waals surface area contributed by atoms with Gasteiger partial charge < -0.3 is 9.15 Å². The van der Waals surface area contributed by atoms with Gasteiger partial charge in [0, 0.05) is 29.7 Å². The number of aromatic nitrogens is 2. The molecule has 4 nitrogen and oxygen atoms in total. The maximum absolute atomic E-state index is 4.96. The lowest BCUT2D eigenvalue weighted by Crippen LogP contribution is -1.85. The van der Waals surface area contributed by atoms with Crippen molar-refractivity contribution in [2.24, 2.45) is 0 Å². The van der Waals surface area contributed by atoms with Crippen LogP contribution in [0.4, 0.5) is 0 Å². The number of hydrogen-bond donors (Lipinski definition) is 0. The third-order valence-electron chi connectivity index (χ3n) is 0.710. The summed E-state index contributed by atoms with van der Waals surface area (Å²) in [7, 11) is 1.58. The Morgan fingerprint density at radius 1 is 1.67 bits per heavy atom. The van der Waals surface area contributed by atoms with Crippen LogP contribution in [0.5, 0.6) is 0 Å². The fourth-order valence-corrected chi connectivity index (χ4v) is 0.777. The Labute approximate surface area is 65.7 Å². The Morgan fingerprint density at radius 3 is 2.89 bits per heavy atom. The molecule has 9 heavy (non-hydrogen) atoms. The average molecular weight is 240 g/mol. The first-order valence-electron chi connectivity index (χ1n) is 2.29. The molecule has 0 N–H and O–H groups in total. The van der Waals surface area contributed by atoms with Gasteiger partial charge in [-0.15, -0.1) is 10.2 Å². The van der Waals surface area contributed by atoms with Crippen LogP contribution in [0.15, 0.2) is 4.42 Å². The van der Waals surface area contributed by atoms with E-state index in [1.54, 1.807) is 7.11 Å². The third kappa shape index (κ3) is 1.90. The molecular weight excluding hydrogens is 235 g/mol. The van der Waals surface area contributed by atoms with Crippen LogP contribution in [-0.4, -0.2) is 17.3 Å². The lowest BCUT2D eigenvalue weighted by atomic mass is 10.7. The highest BCUT2D eigenvalue weighted by Crippen LogP contribution is 2.02. The van der Waals surface area contributed by atoms with Crippen LogP contribution in [0.1, 0.15) is 5.89 Å². The van der Waals surface area contributed by atoms with E-state index in [-0.39, 0.29) is 0 Å². The summed E-state index contributed by atoms with van der Waals surface area (Å²) in [6, 6.07) is 0. The van der Waals surface area contributed by atoms with E-state index in [0.717, 1.165) is 0 Å². The molecule has 0 amide bonds. The normalized spacial score (nSPS) is 10.0. The van der Waals surface area contributed by atoms with Gasteiger partial charge in [0.05, 0.1) is 0 Å². The van der Waals surface area contributed by atoms with Gasteiger partial charge in [-0.25, -0.2) is 0 Å². The Morgan fingerprint density at radius 2 is 2.44 bits per heavy atom. The highest BCUT2D eigenvalue weighted by atomic mass is 127. The van der Waals surface area contributed by atoms with Gasteiger partial charge in [-0.3, -0.25) is 0 Å². The van der Waals surface area contributed by atoms with E-state index in [4.69, 9.17) is 9.15 Å². The molecule has 0 spiro atoms. The van der Waals surface area contributed by atoms with Gasteiger partial charge in [0.1, 0.15) is 6.61 Å². The summed E-state index contributed by atoms with van der Waals surface area (Å²) < 4.78 is 10.2. The van der Waals surface area contributed by atoms with Crippen molar-refractivity contribution in [3.8, 4) is 0 Å².